The Hall–Kier alpha value is -3.82. The maximum absolute atomic E-state index is 6.01. The first-order valence-corrected chi connectivity index (χ1v) is 11.9. The fourth-order valence-corrected chi connectivity index (χ4v) is 6.17. The minimum absolute atomic E-state index is 0.814. The number of fused-ring (bicyclic) bond motifs is 6. The highest BCUT2D eigenvalue weighted by molar-refractivity contribution is 7.25. The van der Waals surface area contributed by atoms with Crippen molar-refractivity contribution in [2.24, 2.45) is 0 Å². The van der Waals surface area contributed by atoms with E-state index in [-0.39, 0.29) is 0 Å². The fraction of sp³-hybridized carbons (Fsp3) is 0. The van der Waals surface area contributed by atoms with Crippen molar-refractivity contribution in [3.05, 3.63) is 109 Å². The molecule has 0 fully saturated rings. The van der Waals surface area contributed by atoms with E-state index in [2.05, 4.69) is 108 Å². The van der Waals surface area contributed by atoms with Crippen LogP contribution in [0.5, 0.6) is 0 Å². The minimum Gasteiger partial charge on any atom is -0.309 e. The van der Waals surface area contributed by atoms with Gasteiger partial charge in [-0.05, 0) is 47.5 Å². The molecule has 2 radical (unpaired) electrons. The SMILES string of the molecule is [B]c1ccc2c(c1)sc1cc(-c3ccc4c(c3)c3ccccc3n4-c3ccccc3)ccc12. The molecule has 0 N–H and O–H groups in total. The molecule has 0 saturated heterocycles. The van der Waals surface area contributed by atoms with Gasteiger partial charge in [-0.3, -0.25) is 0 Å². The lowest BCUT2D eigenvalue weighted by molar-refractivity contribution is 1.18. The Kier molecular flexibility index (Phi) is 4.03. The number of hydrogen-bond donors (Lipinski definition) is 0. The Morgan fingerprint density at radius 2 is 1.18 bits per heavy atom. The molecule has 0 aliphatic rings. The van der Waals surface area contributed by atoms with Gasteiger partial charge in [-0.25, -0.2) is 0 Å². The summed E-state index contributed by atoms with van der Waals surface area (Å²) in [5.74, 6) is 0. The molecule has 0 atom stereocenters. The van der Waals surface area contributed by atoms with Crippen molar-refractivity contribution in [3.63, 3.8) is 0 Å². The molecule has 0 spiro atoms. The zero-order valence-electron chi connectivity index (χ0n) is 17.8. The van der Waals surface area contributed by atoms with Crippen molar-refractivity contribution in [1.29, 1.82) is 0 Å². The summed E-state index contributed by atoms with van der Waals surface area (Å²) in [4.78, 5) is 0. The second-order valence-electron chi connectivity index (χ2n) is 8.49. The van der Waals surface area contributed by atoms with Gasteiger partial charge in [0.15, 0.2) is 0 Å². The van der Waals surface area contributed by atoms with E-state index in [0.717, 1.165) is 5.46 Å². The number of hydrogen-bond acceptors (Lipinski definition) is 1. The van der Waals surface area contributed by atoms with Crippen molar-refractivity contribution in [2.45, 2.75) is 0 Å². The summed E-state index contributed by atoms with van der Waals surface area (Å²) in [5, 5.41) is 5.12. The molecule has 0 saturated carbocycles. The van der Waals surface area contributed by atoms with Gasteiger partial charge in [0.05, 0.1) is 11.0 Å². The standard InChI is InChI=1S/C30H18BNS/c31-21-12-14-25-24-13-10-20(17-29(24)33-30(25)18-21)19-11-15-28-26(16-19)23-8-4-5-9-27(23)32(28)22-6-2-1-3-7-22/h1-18H. The van der Waals surface area contributed by atoms with Crippen molar-refractivity contribution in [2.75, 3.05) is 0 Å². The van der Waals surface area contributed by atoms with Crippen LogP contribution in [0.3, 0.4) is 0 Å². The molecule has 152 valence electrons. The molecular weight excluding hydrogens is 417 g/mol. The van der Waals surface area contributed by atoms with Gasteiger partial charge >= 0.3 is 0 Å². The van der Waals surface area contributed by atoms with E-state index in [1.807, 2.05) is 17.4 Å². The normalized spacial score (nSPS) is 11.8. The van der Waals surface area contributed by atoms with Crippen molar-refractivity contribution < 1.29 is 0 Å². The van der Waals surface area contributed by atoms with Gasteiger partial charge < -0.3 is 4.57 Å². The highest BCUT2D eigenvalue weighted by atomic mass is 32.1. The number of rotatable bonds is 2. The van der Waals surface area contributed by atoms with Gasteiger partial charge in [0.2, 0.25) is 0 Å². The highest BCUT2D eigenvalue weighted by Gasteiger charge is 2.13. The van der Waals surface area contributed by atoms with Crippen molar-refractivity contribution >= 4 is 66.6 Å². The van der Waals surface area contributed by atoms with Gasteiger partial charge in [-0.2, -0.15) is 0 Å². The molecule has 0 aliphatic heterocycles. The Bertz CT molecular complexity index is 1830. The number of thiophene rings is 1. The second kappa shape index (κ2) is 7.09. The largest absolute Gasteiger partial charge is 0.309 e. The van der Waals surface area contributed by atoms with Crippen LogP contribution in [0.2, 0.25) is 0 Å². The predicted molar refractivity (Wildman–Crippen MR) is 144 cm³/mol. The lowest BCUT2D eigenvalue weighted by Crippen LogP contribution is -1.98. The molecule has 2 heterocycles. The molecule has 0 amide bonds. The van der Waals surface area contributed by atoms with Gasteiger partial charge in [0, 0.05) is 36.6 Å². The molecule has 2 aromatic heterocycles. The van der Waals surface area contributed by atoms with Crippen LogP contribution < -0.4 is 5.46 Å². The van der Waals surface area contributed by atoms with E-state index in [4.69, 9.17) is 7.85 Å². The minimum atomic E-state index is 0.814. The highest BCUT2D eigenvalue weighted by Crippen LogP contribution is 2.38. The molecule has 0 unspecified atom stereocenters. The first kappa shape index (κ1) is 18.7. The van der Waals surface area contributed by atoms with Crippen LogP contribution >= 0.6 is 11.3 Å². The lowest BCUT2D eigenvalue weighted by atomic mass is 9.95. The van der Waals surface area contributed by atoms with E-state index < -0.39 is 0 Å². The number of aromatic nitrogens is 1. The Morgan fingerprint density at radius 3 is 2.06 bits per heavy atom. The maximum atomic E-state index is 6.01. The van der Waals surface area contributed by atoms with Crippen LogP contribution in [0.1, 0.15) is 0 Å². The van der Waals surface area contributed by atoms with Crippen LogP contribution in [-0.2, 0) is 0 Å². The summed E-state index contributed by atoms with van der Waals surface area (Å²) in [6.07, 6.45) is 0. The lowest BCUT2D eigenvalue weighted by Gasteiger charge is -2.08. The van der Waals surface area contributed by atoms with Crippen LogP contribution in [0.4, 0.5) is 0 Å². The summed E-state index contributed by atoms with van der Waals surface area (Å²) in [6, 6.07) is 39.1. The molecular formula is C30H18BNS. The van der Waals surface area contributed by atoms with Crippen LogP contribution in [-0.4, -0.2) is 12.4 Å². The number of nitrogens with zero attached hydrogens (tertiary/aromatic N) is 1. The van der Waals surface area contributed by atoms with E-state index in [0.29, 0.717) is 0 Å². The third-order valence-corrected chi connectivity index (χ3v) is 7.63. The quantitative estimate of drug-likeness (QED) is 0.246. The zero-order valence-corrected chi connectivity index (χ0v) is 18.6. The van der Waals surface area contributed by atoms with E-state index in [1.165, 1.54) is 58.8 Å². The van der Waals surface area contributed by atoms with Gasteiger partial charge in [0.25, 0.3) is 0 Å². The molecule has 1 nitrogen and oxygen atoms in total. The zero-order chi connectivity index (χ0) is 21.9. The van der Waals surface area contributed by atoms with Gasteiger partial charge in [0.1, 0.15) is 7.85 Å². The average molecular weight is 435 g/mol. The molecule has 3 heteroatoms. The first-order chi connectivity index (χ1) is 16.3. The average Bonchev–Trinajstić information content (AvgIpc) is 3.38. The van der Waals surface area contributed by atoms with E-state index >= 15 is 0 Å². The smallest absolute Gasteiger partial charge is 0.113 e. The predicted octanol–water partition coefficient (Wildman–Crippen LogP) is 7.61. The Morgan fingerprint density at radius 1 is 0.515 bits per heavy atom. The van der Waals surface area contributed by atoms with Crippen molar-refractivity contribution in [3.8, 4) is 16.8 Å². The van der Waals surface area contributed by atoms with Crippen LogP contribution in [0.25, 0.3) is 58.8 Å². The third kappa shape index (κ3) is 2.86. The molecule has 5 aromatic carbocycles. The molecule has 7 rings (SSSR count). The van der Waals surface area contributed by atoms with E-state index in [9.17, 15) is 0 Å². The summed E-state index contributed by atoms with van der Waals surface area (Å²) >= 11 is 1.81. The fourth-order valence-electron chi connectivity index (χ4n) is 4.98. The summed E-state index contributed by atoms with van der Waals surface area (Å²) < 4.78 is 4.89. The number of para-hydroxylation sites is 2. The van der Waals surface area contributed by atoms with Crippen LogP contribution in [0, 0.1) is 0 Å². The van der Waals surface area contributed by atoms with E-state index in [1.54, 1.807) is 0 Å². The molecule has 33 heavy (non-hydrogen) atoms. The molecule has 7 aromatic rings. The summed E-state index contributed by atoms with van der Waals surface area (Å²) in [5.41, 5.74) is 6.92. The molecule has 0 aliphatic carbocycles. The Labute approximate surface area is 196 Å². The van der Waals surface area contributed by atoms with Crippen molar-refractivity contribution in [1.82, 2.24) is 4.57 Å². The maximum Gasteiger partial charge on any atom is 0.113 e. The Balaban J connectivity index is 1.45. The van der Waals surface area contributed by atoms with Crippen LogP contribution in [0.15, 0.2) is 109 Å². The molecule has 0 bridgehead atoms. The number of benzene rings is 5. The van der Waals surface area contributed by atoms with Gasteiger partial charge in [-0.1, -0.05) is 78.3 Å². The summed E-state index contributed by atoms with van der Waals surface area (Å²) in [7, 11) is 6.01. The van der Waals surface area contributed by atoms with Gasteiger partial charge in [-0.15, -0.1) is 11.3 Å². The third-order valence-electron chi connectivity index (χ3n) is 6.52. The first-order valence-electron chi connectivity index (χ1n) is 11.1. The summed E-state index contributed by atoms with van der Waals surface area (Å²) in [6.45, 7) is 0. The monoisotopic (exact) mass is 435 g/mol. The second-order valence-corrected chi connectivity index (χ2v) is 9.57. The topological polar surface area (TPSA) is 4.93 Å².